The second-order valence-electron chi connectivity index (χ2n) is 8.46. The highest BCUT2D eigenvalue weighted by atomic mass is 16.5. The smallest absolute Gasteiger partial charge is 0.306 e. The molecular weight excluding hydrogens is 446 g/mol. The molecule has 0 aliphatic heterocycles. The Kier molecular flexibility index (Phi) is 6.17. The first-order valence-electron chi connectivity index (χ1n) is 11.6. The van der Waals surface area contributed by atoms with E-state index in [9.17, 15) is 4.79 Å². The van der Waals surface area contributed by atoms with Crippen LogP contribution in [0.5, 0.6) is 0 Å². The molecule has 1 aromatic carbocycles. The first kappa shape index (κ1) is 22.6. The topological polar surface area (TPSA) is 143 Å². The fourth-order valence-electron chi connectivity index (χ4n) is 4.22. The van der Waals surface area contributed by atoms with Crippen LogP contribution in [0, 0.1) is 0 Å². The minimum atomic E-state index is -0.287. The van der Waals surface area contributed by atoms with E-state index in [2.05, 4.69) is 42.2 Å². The molecule has 1 aliphatic carbocycles. The van der Waals surface area contributed by atoms with Gasteiger partial charge in [-0.05, 0) is 30.9 Å². The van der Waals surface area contributed by atoms with E-state index in [0.29, 0.717) is 36.1 Å². The molecule has 10 heteroatoms. The first-order chi connectivity index (χ1) is 17.1. The van der Waals surface area contributed by atoms with Gasteiger partial charge in [-0.25, -0.2) is 15.0 Å². The summed E-state index contributed by atoms with van der Waals surface area (Å²) in [6.45, 7) is 2.15. The van der Waals surface area contributed by atoms with Crippen LogP contribution < -0.4 is 5.73 Å². The third kappa shape index (κ3) is 4.59. The average molecular weight is 472 g/mol. The highest BCUT2D eigenvalue weighted by molar-refractivity contribution is 5.69. The van der Waals surface area contributed by atoms with Crippen LogP contribution in [-0.2, 0) is 21.4 Å². The zero-order valence-corrected chi connectivity index (χ0v) is 19.3. The predicted octanol–water partition coefficient (Wildman–Crippen LogP) is 3.53. The van der Waals surface area contributed by atoms with Crippen molar-refractivity contribution in [1.82, 2.24) is 30.1 Å². The highest BCUT2D eigenvalue weighted by Crippen LogP contribution is 2.48. The van der Waals surface area contributed by atoms with Gasteiger partial charge in [0, 0.05) is 30.6 Å². The van der Waals surface area contributed by atoms with Gasteiger partial charge < -0.3 is 15.0 Å². The molecule has 0 atom stereocenters. The van der Waals surface area contributed by atoms with E-state index in [1.165, 1.54) is 0 Å². The van der Waals surface area contributed by atoms with Gasteiger partial charge in [0.25, 0.3) is 5.89 Å². The van der Waals surface area contributed by atoms with Crippen LogP contribution in [0.2, 0.25) is 0 Å². The van der Waals surface area contributed by atoms with E-state index in [0.717, 1.165) is 36.0 Å². The maximum Gasteiger partial charge on any atom is 0.306 e. The summed E-state index contributed by atoms with van der Waals surface area (Å²) < 4.78 is 10.5. The summed E-state index contributed by atoms with van der Waals surface area (Å²) in [5.41, 5.74) is 9.55. The Bertz CT molecular complexity index is 1300. The molecule has 0 amide bonds. The Morgan fingerprint density at radius 2 is 1.80 bits per heavy atom. The minimum Gasteiger partial charge on any atom is -0.466 e. The van der Waals surface area contributed by atoms with Crippen molar-refractivity contribution in [2.24, 2.45) is 0 Å². The molecule has 4 aromatic rings. The van der Waals surface area contributed by atoms with Crippen LogP contribution in [0.4, 0.5) is 5.95 Å². The predicted molar refractivity (Wildman–Crippen MR) is 127 cm³/mol. The quantitative estimate of drug-likeness (QED) is 0.379. The average Bonchev–Trinajstić information content (AvgIpc) is 3.34. The number of rotatable bonds is 8. The number of anilines is 1. The van der Waals surface area contributed by atoms with Crippen LogP contribution in [0.1, 0.15) is 49.7 Å². The lowest BCUT2D eigenvalue weighted by molar-refractivity contribution is -0.143. The van der Waals surface area contributed by atoms with Crippen LogP contribution >= 0.6 is 0 Å². The van der Waals surface area contributed by atoms with E-state index >= 15 is 0 Å². The minimum absolute atomic E-state index is 0.249. The van der Waals surface area contributed by atoms with Gasteiger partial charge in [-0.3, -0.25) is 9.78 Å². The monoisotopic (exact) mass is 471 g/mol. The summed E-state index contributed by atoms with van der Waals surface area (Å²) in [5.74, 6) is 0.977. The molecule has 35 heavy (non-hydrogen) atoms. The maximum atomic E-state index is 11.5. The summed E-state index contributed by atoms with van der Waals surface area (Å²) in [6.07, 6.45) is 10.3. The van der Waals surface area contributed by atoms with E-state index in [1.807, 2.05) is 12.1 Å². The summed E-state index contributed by atoms with van der Waals surface area (Å²) in [5, 5.41) is 4.31. The lowest BCUT2D eigenvalue weighted by atomic mass is 9.64. The fraction of sp³-hybridized carbons (Fsp3) is 0.320. The Morgan fingerprint density at radius 3 is 2.43 bits per heavy atom. The molecule has 0 unspecified atom stereocenters. The van der Waals surface area contributed by atoms with E-state index in [4.69, 9.17) is 15.0 Å². The van der Waals surface area contributed by atoms with E-state index in [-0.39, 0.29) is 23.8 Å². The first-order valence-corrected chi connectivity index (χ1v) is 11.6. The van der Waals surface area contributed by atoms with Crippen molar-refractivity contribution in [2.75, 3.05) is 12.3 Å². The highest BCUT2D eigenvalue weighted by Gasteiger charge is 2.44. The standard InChI is InChI=1S/C25H25N7O3/c1-2-34-21(33)9-8-19-14-28-20(15-27-19)22-31-23(32-35-22)25(10-3-11-25)18-6-4-16(5-7-18)17-12-29-24(26)30-13-17/h4-7,12-15H,2-3,8-11H2,1H3,(H2,26,29,30). The molecule has 0 saturated heterocycles. The van der Waals surface area contributed by atoms with Crippen molar-refractivity contribution in [3.8, 4) is 22.7 Å². The second kappa shape index (κ2) is 9.57. The molecule has 10 nitrogen and oxygen atoms in total. The number of aryl methyl sites for hydroxylation is 1. The molecule has 1 saturated carbocycles. The SMILES string of the molecule is CCOC(=O)CCc1cnc(-c2nc(C3(c4ccc(-c5cnc(N)nc5)cc4)CCC3)no2)cn1. The third-order valence-electron chi connectivity index (χ3n) is 6.32. The molecule has 0 radical (unpaired) electrons. The number of hydrogen-bond acceptors (Lipinski definition) is 10. The lowest BCUT2D eigenvalue weighted by Gasteiger charge is -2.39. The van der Waals surface area contributed by atoms with Gasteiger partial charge in [-0.1, -0.05) is 35.8 Å². The molecule has 1 aliphatic rings. The Balaban J connectivity index is 1.32. The number of nitrogen functional groups attached to an aromatic ring is 1. The van der Waals surface area contributed by atoms with Crippen molar-refractivity contribution < 1.29 is 14.1 Å². The molecule has 0 spiro atoms. The van der Waals surface area contributed by atoms with E-state index < -0.39 is 0 Å². The molecular formula is C25H25N7O3. The van der Waals surface area contributed by atoms with Crippen molar-refractivity contribution in [1.29, 1.82) is 0 Å². The summed E-state index contributed by atoms with van der Waals surface area (Å²) >= 11 is 0. The Morgan fingerprint density at radius 1 is 1.03 bits per heavy atom. The van der Waals surface area contributed by atoms with Gasteiger partial charge >= 0.3 is 5.97 Å². The number of nitrogens with zero attached hydrogens (tertiary/aromatic N) is 6. The summed E-state index contributed by atoms with van der Waals surface area (Å²) in [4.78, 5) is 33.1. The van der Waals surface area contributed by atoms with Gasteiger partial charge in [-0.2, -0.15) is 4.98 Å². The number of nitrogens with two attached hydrogens (primary N) is 1. The van der Waals surface area contributed by atoms with Crippen molar-refractivity contribution in [3.63, 3.8) is 0 Å². The molecule has 3 aromatic heterocycles. The van der Waals surface area contributed by atoms with Gasteiger partial charge in [0.05, 0.1) is 30.3 Å². The van der Waals surface area contributed by atoms with Crippen molar-refractivity contribution >= 4 is 11.9 Å². The largest absolute Gasteiger partial charge is 0.466 e. The number of hydrogen-bond donors (Lipinski definition) is 1. The number of ether oxygens (including phenoxy) is 1. The van der Waals surface area contributed by atoms with Crippen LogP contribution in [-0.4, -0.2) is 42.7 Å². The van der Waals surface area contributed by atoms with Gasteiger partial charge in [-0.15, -0.1) is 0 Å². The number of carbonyl (C=O) groups excluding carboxylic acids is 1. The normalized spacial score (nSPS) is 14.3. The van der Waals surface area contributed by atoms with Crippen molar-refractivity contribution in [2.45, 2.75) is 44.4 Å². The zero-order valence-electron chi connectivity index (χ0n) is 19.3. The lowest BCUT2D eigenvalue weighted by Crippen LogP contribution is -2.36. The molecule has 0 bridgehead atoms. The van der Waals surface area contributed by atoms with Gasteiger partial charge in [0.15, 0.2) is 5.82 Å². The molecule has 3 heterocycles. The summed E-state index contributed by atoms with van der Waals surface area (Å²) in [7, 11) is 0. The maximum absolute atomic E-state index is 11.5. The molecule has 5 rings (SSSR count). The van der Waals surface area contributed by atoms with Gasteiger partial charge in [0.1, 0.15) is 5.69 Å². The Labute approximate surface area is 202 Å². The number of benzene rings is 1. The fourth-order valence-corrected chi connectivity index (χ4v) is 4.22. The van der Waals surface area contributed by atoms with Crippen LogP contribution in [0.3, 0.4) is 0 Å². The third-order valence-corrected chi connectivity index (χ3v) is 6.32. The Hall–Kier alpha value is -4.21. The molecule has 178 valence electrons. The van der Waals surface area contributed by atoms with Crippen LogP contribution in [0.25, 0.3) is 22.7 Å². The summed E-state index contributed by atoms with van der Waals surface area (Å²) in [6, 6.07) is 8.29. The van der Waals surface area contributed by atoms with E-state index in [1.54, 1.807) is 31.7 Å². The second-order valence-corrected chi connectivity index (χ2v) is 8.46. The van der Waals surface area contributed by atoms with Gasteiger partial charge in [0.2, 0.25) is 5.95 Å². The number of carbonyl (C=O) groups is 1. The number of esters is 1. The zero-order chi connectivity index (χ0) is 24.3. The molecule has 1 fully saturated rings. The molecule has 2 N–H and O–H groups in total. The number of aromatic nitrogens is 6. The van der Waals surface area contributed by atoms with Crippen LogP contribution in [0.15, 0.2) is 53.6 Å². The van der Waals surface area contributed by atoms with Crippen molar-refractivity contribution in [3.05, 3.63) is 66.1 Å².